The van der Waals surface area contributed by atoms with Gasteiger partial charge in [0.25, 0.3) is 0 Å². The normalized spacial score (nSPS) is 13.2. The first-order chi connectivity index (χ1) is 8.33. The van der Waals surface area contributed by atoms with E-state index in [1.807, 2.05) is 13.0 Å². The molecule has 18 heavy (non-hydrogen) atoms. The topological polar surface area (TPSA) is 66.3 Å². The van der Waals surface area contributed by atoms with Crippen LogP contribution in [-0.4, -0.2) is 26.0 Å². The second kappa shape index (κ2) is 6.15. The van der Waals surface area contributed by atoms with E-state index in [0.29, 0.717) is 12.3 Å². The fourth-order valence-electron chi connectivity index (χ4n) is 1.35. The summed E-state index contributed by atoms with van der Waals surface area (Å²) in [5.41, 5.74) is 0.277. The zero-order chi connectivity index (χ0) is 13.8. The Morgan fingerprint density at radius 3 is 2.78 bits per heavy atom. The van der Waals surface area contributed by atoms with Crippen LogP contribution >= 0.6 is 0 Å². The average Bonchev–Trinajstić information content (AvgIpc) is 2.71. The smallest absolute Gasteiger partial charge is 0.407 e. The minimum Gasteiger partial charge on any atom is -0.593 e. The van der Waals surface area contributed by atoms with Gasteiger partial charge in [-0.25, -0.2) is 4.79 Å². The molecule has 1 unspecified atom stereocenters. The SMILES string of the molecule is CC[S+]([O-])n1cccc1CNC(=O)OC(C)(C)C. The average molecular weight is 272 g/mol. The Balaban J connectivity index is 2.54. The van der Waals surface area contributed by atoms with Crippen molar-refractivity contribution in [2.45, 2.75) is 39.8 Å². The number of aromatic nitrogens is 1. The van der Waals surface area contributed by atoms with Crippen LogP contribution < -0.4 is 5.32 Å². The molecule has 0 fully saturated rings. The third-order valence-corrected chi connectivity index (χ3v) is 3.36. The molecule has 0 saturated carbocycles. The molecule has 0 aliphatic rings. The van der Waals surface area contributed by atoms with Gasteiger partial charge in [-0.2, -0.15) is 3.97 Å². The van der Waals surface area contributed by atoms with Crippen molar-refractivity contribution in [1.29, 1.82) is 0 Å². The maximum absolute atomic E-state index is 11.7. The molecule has 0 saturated heterocycles. The van der Waals surface area contributed by atoms with Crippen LogP contribution in [0.25, 0.3) is 0 Å². The first-order valence-corrected chi connectivity index (χ1v) is 7.13. The molecule has 0 aliphatic heterocycles. The number of amides is 1. The van der Waals surface area contributed by atoms with Crippen molar-refractivity contribution in [3.8, 4) is 0 Å². The largest absolute Gasteiger partial charge is 0.593 e. The van der Waals surface area contributed by atoms with Gasteiger partial charge in [-0.05, 0) is 39.8 Å². The van der Waals surface area contributed by atoms with E-state index in [1.54, 1.807) is 37.0 Å². The van der Waals surface area contributed by atoms with Crippen molar-refractivity contribution < 1.29 is 14.1 Å². The van der Waals surface area contributed by atoms with Gasteiger partial charge >= 0.3 is 6.09 Å². The lowest BCUT2D eigenvalue weighted by Crippen LogP contribution is -2.33. The molecule has 1 aromatic heterocycles. The summed E-state index contributed by atoms with van der Waals surface area (Å²) in [5.74, 6) is 0.536. The lowest BCUT2D eigenvalue weighted by atomic mass is 10.2. The molecule has 1 atom stereocenters. The summed E-state index contributed by atoms with van der Waals surface area (Å²) in [4.78, 5) is 11.5. The zero-order valence-corrected chi connectivity index (χ0v) is 12.0. The summed E-state index contributed by atoms with van der Waals surface area (Å²) in [5, 5.41) is 2.64. The number of carbonyl (C=O) groups excluding carboxylic acids is 1. The molecule has 1 N–H and O–H groups in total. The highest BCUT2D eigenvalue weighted by atomic mass is 32.2. The van der Waals surface area contributed by atoms with E-state index in [4.69, 9.17) is 4.74 Å². The van der Waals surface area contributed by atoms with Gasteiger partial charge in [0.1, 0.15) is 11.4 Å². The molecule has 1 amide bonds. The van der Waals surface area contributed by atoms with Crippen LogP contribution in [0.2, 0.25) is 0 Å². The summed E-state index contributed by atoms with van der Waals surface area (Å²) in [6, 6.07) is 3.63. The van der Waals surface area contributed by atoms with Crippen molar-refractivity contribution >= 4 is 17.5 Å². The Bertz CT molecular complexity index is 398. The van der Waals surface area contributed by atoms with Crippen molar-refractivity contribution in [1.82, 2.24) is 9.29 Å². The highest BCUT2D eigenvalue weighted by molar-refractivity contribution is 7.89. The maximum atomic E-state index is 11.7. The van der Waals surface area contributed by atoms with Crippen LogP contribution in [0.15, 0.2) is 18.3 Å². The first-order valence-electron chi connectivity index (χ1n) is 5.85. The van der Waals surface area contributed by atoms with Crippen LogP contribution in [-0.2, 0) is 22.6 Å². The minimum absolute atomic E-state index is 0.299. The van der Waals surface area contributed by atoms with E-state index in [-0.39, 0.29) is 0 Å². The van der Waals surface area contributed by atoms with Gasteiger partial charge in [-0.1, -0.05) is 0 Å². The van der Waals surface area contributed by atoms with Crippen LogP contribution in [0, 0.1) is 0 Å². The lowest BCUT2D eigenvalue weighted by Gasteiger charge is -2.20. The molecule has 5 nitrogen and oxygen atoms in total. The second-order valence-electron chi connectivity index (χ2n) is 4.79. The molecule has 1 heterocycles. The highest BCUT2D eigenvalue weighted by Crippen LogP contribution is 2.09. The predicted molar refractivity (Wildman–Crippen MR) is 71.6 cm³/mol. The third-order valence-electron chi connectivity index (χ3n) is 2.07. The number of carbonyl (C=O) groups is 1. The van der Waals surface area contributed by atoms with Crippen molar-refractivity contribution in [2.24, 2.45) is 0 Å². The number of ether oxygens (including phenoxy) is 1. The maximum Gasteiger partial charge on any atom is 0.407 e. The van der Waals surface area contributed by atoms with Crippen molar-refractivity contribution in [2.75, 3.05) is 5.75 Å². The number of alkyl carbamates (subject to hydrolysis) is 1. The van der Waals surface area contributed by atoms with E-state index < -0.39 is 23.1 Å². The predicted octanol–water partition coefficient (Wildman–Crippen LogP) is 2.04. The molecule has 0 bridgehead atoms. The van der Waals surface area contributed by atoms with Gasteiger partial charge in [-0.15, -0.1) is 0 Å². The first kappa shape index (κ1) is 14.9. The van der Waals surface area contributed by atoms with Crippen molar-refractivity contribution in [3.63, 3.8) is 0 Å². The van der Waals surface area contributed by atoms with E-state index in [1.165, 1.54) is 0 Å². The molecule has 0 radical (unpaired) electrons. The number of nitrogens with zero attached hydrogens (tertiary/aromatic N) is 1. The Hall–Kier alpha value is -1.14. The molecular formula is C12H20N2O3S. The van der Waals surface area contributed by atoms with E-state index >= 15 is 0 Å². The summed E-state index contributed by atoms with van der Waals surface area (Å²) >= 11 is -1.08. The van der Waals surface area contributed by atoms with Gasteiger partial charge < -0.3 is 14.6 Å². The quantitative estimate of drug-likeness (QED) is 0.853. The number of nitrogens with one attached hydrogen (secondary N) is 1. The van der Waals surface area contributed by atoms with Crippen LogP contribution in [0.1, 0.15) is 33.4 Å². The Kier molecular flexibility index (Phi) is 5.10. The van der Waals surface area contributed by atoms with Gasteiger partial charge in [0.2, 0.25) is 0 Å². The summed E-state index contributed by atoms with van der Waals surface area (Å²) in [7, 11) is 0. The number of hydrogen-bond donors (Lipinski definition) is 1. The molecule has 1 aromatic rings. The highest BCUT2D eigenvalue weighted by Gasteiger charge is 2.17. The molecular weight excluding hydrogens is 252 g/mol. The Morgan fingerprint density at radius 2 is 2.22 bits per heavy atom. The fraction of sp³-hybridized carbons (Fsp3) is 0.583. The molecule has 0 spiro atoms. The van der Waals surface area contributed by atoms with Gasteiger partial charge in [0.15, 0.2) is 0 Å². The molecule has 0 aromatic carbocycles. The summed E-state index contributed by atoms with van der Waals surface area (Å²) < 4.78 is 18.5. The monoisotopic (exact) mass is 272 g/mol. The fourth-order valence-corrected chi connectivity index (χ4v) is 2.22. The van der Waals surface area contributed by atoms with E-state index in [0.717, 1.165) is 5.69 Å². The van der Waals surface area contributed by atoms with Crippen LogP contribution in [0.4, 0.5) is 4.79 Å². The van der Waals surface area contributed by atoms with Gasteiger partial charge in [-0.3, -0.25) is 0 Å². The minimum atomic E-state index is -1.08. The van der Waals surface area contributed by atoms with Crippen molar-refractivity contribution in [3.05, 3.63) is 24.0 Å². The van der Waals surface area contributed by atoms with Gasteiger partial charge in [0.05, 0.1) is 29.8 Å². The Morgan fingerprint density at radius 1 is 1.56 bits per heavy atom. The third kappa shape index (κ3) is 4.62. The standard InChI is InChI=1S/C12H20N2O3S/c1-5-18(16)14-8-6-7-10(14)9-13-11(15)17-12(2,3)4/h6-8H,5,9H2,1-4H3,(H,13,15). The van der Waals surface area contributed by atoms with E-state index in [2.05, 4.69) is 5.32 Å². The summed E-state index contributed by atoms with van der Waals surface area (Å²) in [6.07, 6.45) is 1.27. The second-order valence-corrected chi connectivity index (χ2v) is 6.40. The Labute approximate surface area is 111 Å². The zero-order valence-electron chi connectivity index (χ0n) is 11.2. The van der Waals surface area contributed by atoms with E-state index in [9.17, 15) is 9.35 Å². The number of hydrogen-bond acceptors (Lipinski definition) is 3. The summed E-state index contributed by atoms with van der Waals surface area (Å²) in [6.45, 7) is 7.57. The van der Waals surface area contributed by atoms with Crippen LogP contribution in [0.3, 0.4) is 0 Å². The van der Waals surface area contributed by atoms with Crippen LogP contribution in [0.5, 0.6) is 0 Å². The molecule has 1 rings (SSSR count). The lowest BCUT2D eigenvalue weighted by molar-refractivity contribution is 0.0523. The molecule has 0 aliphatic carbocycles. The molecule has 6 heteroatoms. The number of rotatable bonds is 4. The van der Waals surface area contributed by atoms with Gasteiger partial charge in [0, 0.05) is 0 Å². The molecule has 102 valence electrons.